The number of methoxy groups -OCH3 is 1. The minimum atomic E-state index is -0.333. The molecule has 0 spiro atoms. The van der Waals surface area contributed by atoms with Crippen LogP contribution < -0.4 is 0 Å². The predicted molar refractivity (Wildman–Crippen MR) is 83.4 cm³/mol. The lowest BCUT2D eigenvalue weighted by Crippen LogP contribution is -2.51. The first-order chi connectivity index (χ1) is 11.2. The number of hydrogen-bond donors (Lipinski definition) is 0. The van der Waals surface area contributed by atoms with Gasteiger partial charge < -0.3 is 4.74 Å². The number of halogens is 2. The van der Waals surface area contributed by atoms with Crippen LogP contribution in [-0.2, 0) is 9.53 Å². The summed E-state index contributed by atoms with van der Waals surface area (Å²) in [6.45, 7) is 0.357. The molecule has 126 valence electrons. The summed E-state index contributed by atoms with van der Waals surface area (Å²) < 4.78 is 30.8. The molecule has 0 radical (unpaired) electrons. The molecular weight excluding hydrogens is 300 g/mol. The van der Waals surface area contributed by atoms with Crippen molar-refractivity contribution in [2.24, 2.45) is 5.92 Å². The number of nitrogens with zero attached hydrogens (tertiary/aromatic N) is 1. The van der Waals surface area contributed by atoms with E-state index in [1.54, 1.807) is 12.1 Å². The van der Waals surface area contributed by atoms with Crippen molar-refractivity contribution in [1.82, 2.24) is 4.90 Å². The Morgan fingerprint density at radius 3 is 2.70 bits per heavy atom. The van der Waals surface area contributed by atoms with E-state index < -0.39 is 0 Å². The molecule has 2 heterocycles. The number of alkyl halides is 1. The van der Waals surface area contributed by atoms with E-state index in [-0.39, 0.29) is 36.3 Å². The van der Waals surface area contributed by atoms with Gasteiger partial charge in [-0.3, -0.25) is 14.1 Å². The molecule has 23 heavy (non-hydrogen) atoms. The van der Waals surface area contributed by atoms with Gasteiger partial charge in [0.25, 0.3) is 0 Å². The molecule has 1 aromatic carbocycles. The Labute approximate surface area is 135 Å². The summed E-state index contributed by atoms with van der Waals surface area (Å²) in [5, 5.41) is 0. The van der Waals surface area contributed by atoms with Crippen molar-refractivity contribution in [1.29, 1.82) is 0 Å². The third-order valence-electron chi connectivity index (χ3n) is 5.39. The zero-order valence-corrected chi connectivity index (χ0v) is 13.4. The van der Waals surface area contributed by atoms with Gasteiger partial charge in [0.05, 0.1) is 19.7 Å². The molecule has 0 saturated carbocycles. The Bertz CT molecular complexity index is 548. The summed E-state index contributed by atoms with van der Waals surface area (Å²) in [5.74, 6) is -0.701. The third kappa shape index (κ3) is 3.11. The van der Waals surface area contributed by atoms with E-state index in [9.17, 15) is 13.6 Å². The minimum Gasteiger partial charge on any atom is -0.469 e. The summed E-state index contributed by atoms with van der Waals surface area (Å²) in [5.41, 5.74) is 0.990. The van der Waals surface area contributed by atoms with Gasteiger partial charge in [0.15, 0.2) is 0 Å². The first-order valence-corrected chi connectivity index (χ1v) is 8.30. The number of hydrogen-bond acceptors (Lipinski definition) is 3. The average molecular weight is 323 g/mol. The van der Waals surface area contributed by atoms with Crippen LogP contribution in [0.15, 0.2) is 24.3 Å². The van der Waals surface area contributed by atoms with Crippen LogP contribution in [0.25, 0.3) is 0 Å². The predicted octanol–water partition coefficient (Wildman–Crippen LogP) is 3.29. The van der Waals surface area contributed by atoms with Gasteiger partial charge in [0, 0.05) is 24.5 Å². The van der Waals surface area contributed by atoms with Crippen molar-refractivity contribution in [2.45, 2.75) is 43.7 Å². The largest absolute Gasteiger partial charge is 0.469 e. The summed E-state index contributed by atoms with van der Waals surface area (Å²) in [6, 6.07) is 6.91. The number of benzene rings is 1. The standard InChI is InChI=1S/C18H23F2NO2/c1-23-18(22)17-15(12-3-5-13(20)6-4-12)11-14-7-8-16(17)21(14)10-2-9-19/h3-6,14-17H,2,7-11H2,1H3/t14-,15+,16+,17-/m0/s1. The summed E-state index contributed by atoms with van der Waals surface area (Å²) in [6.07, 6.45) is 3.31. The Hall–Kier alpha value is -1.49. The van der Waals surface area contributed by atoms with Gasteiger partial charge in [0.1, 0.15) is 5.82 Å². The van der Waals surface area contributed by atoms with E-state index in [4.69, 9.17) is 4.74 Å². The fourth-order valence-corrected chi connectivity index (χ4v) is 4.41. The second-order valence-electron chi connectivity index (χ2n) is 6.52. The molecule has 0 N–H and O–H groups in total. The molecule has 4 atom stereocenters. The van der Waals surface area contributed by atoms with E-state index in [0.29, 0.717) is 19.0 Å². The lowest BCUT2D eigenvalue weighted by atomic mass is 9.76. The van der Waals surface area contributed by atoms with Crippen molar-refractivity contribution < 1.29 is 18.3 Å². The zero-order valence-electron chi connectivity index (χ0n) is 13.4. The Kier molecular flexibility index (Phi) is 4.95. The first-order valence-electron chi connectivity index (χ1n) is 8.30. The molecule has 0 amide bonds. The van der Waals surface area contributed by atoms with Crippen LogP contribution >= 0.6 is 0 Å². The first kappa shape index (κ1) is 16.4. The molecule has 2 fully saturated rings. The summed E-state index contributed by atoms with van der Waals surface area (Å²) >= 11 is 0. The third-order valence-corrected chi connectivity index (χ3v) is 5.39. The number of carbonyl (C=O) groups excluding carboxylic acids is 1. The highest BCUT2D eigenvalue weighted by molar-refractivity contribution is 5.75. The molecule has 3 nitrogen and oxygen atoms in total. The Morgan fingerprint density at radius 1 is 1.30 bits per heavy atom. The molecule has 2 bridgehead atoms. The SMILES string of the molecule is COC(=O)[C@H]1[C@@H](c2ccc(F)cc2)C[C@@H]2CC[C@H]1N2CCCF. The van der Waals surface area contributed by atoms with E-state index in [1.165, 1.54) is 19.2 Å². The van der Waals surface area contributed by atoms with Crippen molar-refractivity contribution in [3.05, 3.63) is 35.6 Å². The van der Waals surface area contributed by atoms with Crippen molar-refractivity contribution in [3.63, 3.8) is 0 Å². The lowest BCUT2D eigenvalue weighted by Gasteiger charge is -2.43. The molecule has 2 aliphatic rings. The van der Waals surface area contributed by atoms with E-state index in [0.717, 1.165) is 24.8 Å². The topological polar surface area (TPSA) is 29.5 Å². The molecule has 1 aromatic rings. The van der Waals surface area contributed by atoms with E-state index in [1.807, 2.05) is 0 Å². The number of rotatable bonds is 5. The quantitative estimate of drug-likeness (QED) is 0.779. The van der Waals surface area contributed by atoms with Crippen LogP contribution in [0.5, 0.6) is 0 Å². The second kappa shape index (κ2) is 6.95. The van der Waals surface area contributed by atoms with Crippen LogP contribution in [-0.4, -0.2) is 43.3 Å². The van der Waals surface area contributed by atoms with Gasteiger partial charge >= 0.3 is 5.97 Å². The molecule has 0 unspecified atom stereocenters. The highest BCUT2D eigenvalue weighted by atomic mass is 19.1. The highest BCUT2D eigenvalue weighted by Crippen LogP contribution is 2.47. The van der Waals surface area contributed by atoms with Crippen molar-refractivity contribution in [2.75, 3.05) is 20.3 Å². The molecule has 5 heteroatoms. The highest BCUT2D eigenvalue weighted by Gasteiger charge is 2.50. The smallest absolute Gasteiger partial charge is 0.310 e. The molecular formula is C18H23F2NO2. The zero-order chi connectivity index (χ0) is 16.4. The molecule has 2 aliphatic heterocycles. The maximum absolute atomic E-state index is 13.2. The number of fused-ring (bicyclic) bond motifs is 2. The van der Waals surface area contributed by atoms with Crippen LogP contribution in [0.1, 0.15) is 37.2 Å². The van der Waals surface area contributed by atoms with Gasteiger partial charge in [-0.05, 0) is 43.4 Å². The van der Waals surface area contributed by atoms with Gasteiger partial charge in [-0.2, -0.15) is 0 Å². The fourth-order valence-electron chi connectivity index (χ4n) is 4.41. The normalized spacial score (nSPS) is 30.4. The Balaban J connectivity index is 1.88. The monoisotopic (exact) mass is 323 g/mol. The molecule has 3 rings (SSSR count). The van der Waals surface area contributed by atoms with Crippen LogP contribution in [0, 0.1) is 11.7 Å². The minimum absolute atomic E-state index is 0.0437. The van der Waals surface area contributed by atoms with Gasteiger partial charge in [0.2, 0.25) is 0 Å². The molecule has 0 aliphatic carbocycles. The number of ether oxygens (including phenoxy) is 1. The number of piperidine rings is 1. The Morgan fingerprint density at radius 2 is 2.04 bits per heavy atom. The van der Waals surface area contributed by atoms with Gasteiger partial charge in [-0.25, -0.2) is 4.39 Å². The number of esters is 1. The lowest BCUT2D eigenvalue weighted by molar-refractivity contribution is -0.150. The van der Waals surface area contributed by atoms with E-state index >= 15 is 0 Å². The second-order valence-corrected chi connectivity index (χ2v) is 6.52. The maximum Gasteiger partial charge on any atom is 0.310 e. The summed E-state index contributed by atoms with van der Waals surface area (Å²) in [7, 11) is 1.41. The fraction of sp³-hybridized carbons (Fsp3) is 0.611. The van der Waals surface area contributed by atoms with Gasteiger partial charge in [-0.15, -0.1) is 0 Å². The molecule has 2 saturated heterocycles. The van der Waals surface area contributed by atoms with Crippen LogP contribution in [0.3, 0.4) is 0 Å². The molecule has 0 aromatic heterocycles. The van der Waals surface area contributed by atoms with Gasteiger partial charge in [-0.1, -0.05) is 12.1 Å². The van der Waals surface area contributed by atoms with Crippen molar-refractivity contribution in [3.8, 4) is 0 Å². The average Bonchev–Trinajstić information content (AvgIpc) is 2.84. The maximum atomic E-state index is 13.2. The van der Waals surface area contributed by atoms with Crippen LogP contribution in [0.4, 0.5) is 8.78 Å². The van der Waals surface area contributed by atoms with Crippen molar-refractivity contribution >= 4 is 5.97 Å². The summed E-state index contributed by atoms with van der Waals surface area (Å²) in [4.78, 5) is 14.7. The van der Waals surface area contributed by atoms with Crippen LogP contribution in [0.2, 0.25) is 0 Å². The van der Waals surface area contributed by atoms with E-state index in [2.05, 4.69) is 4.90 Å². The number of carbonyl (C=O) groups is 1.